The van der Waals surface area contributed by atoms with E-state index in [1.165, 1.54) is 0 Å². The van der Waals surface area contributed by atoms with Crippen LogP contribution in [-0.4, -0.2) is 32.2 Å². The Morgan fingerprint density at radius 1 is 1.50 bits per heavy atom. The molecule has 0 spiro atoms. The zero-order valence-corrected chi connectivity index (χ0v) is 10.8. The number of carbonyl (C=O) groups excluding carboxylic acids is 1. The number of amides is 1. The molecule has 0 bridgehead atoms. The summed E-state index contributed by atoms with van der Waals surface area (Å²) in [5.74, 6) is 0.791. The van der Waals surface area contributed by atoms with Gasteiger partial charge in [0.1, 0.15) is 5.82 Å². The van der Waals surface area contributed by atoms with Gasteiger partial charge in [0.25, 0.3) is 5.91 Å². The van der Waals surface area contributed by atoms with Gasteiger partial charge < -0.3 is 10.3 Å². The summed E-state index contributed by atoms with van der Waals surface area (Å²) < 4.78 is 1.72. The predicted octanol–water partition coefficient (Wildman–Crippen LogP) is 0.733. The molecule has 2 aromatic rings. The fourth-order valence-corrected chi connectivity index (χ4v) is 1.92. The van der Waals surface area contributed by atoms with E-state index in [1.54, 1.807) is 17.1 Å². The summed E-state index contributed by atoms with van der Waals surface area (Å²) in [6.45, 7) is 4.29. The molecule has 1 amide bonds. The van der Waals surface area contributed by atoms with E-state index in [9.17, 15) is 4.79 Å². The van der Waals surface area contributed by atoms with Crippen molar-refractivity contribution >= 4 is 5.91 Å². The summed E-state index contributed by atoms with van der Waals surface area (Å²) in [5, 5.41) is 7.11. The average Bonchev–Trinajstić information content (AvgIpc) is 2.89. The van der Waals surface area contributed by atoms with Crippen molar-refractivity contribution in [1.29, 1.82) is 0 Å². The third-order valence-corrected chi connectivity index (χ3v) is 2.94. The largest absolute Gasteiger partial charge is 0.351 e. The summed E-state index contributed by atoms with van der Waals surface area (Å²) in [6.07, 6.45) is 4.16. The van der Waals surface area contributed by atoms with Crippen LogP contribution in [0.1, 0.15) is 27.6 Å². The van der Waals surface area contributed by atoms with E-state index in [0.29, 0.717) is 18.5 Å². The van der Waals surface area contributed by atoms with E-state index >= 15 is 0 Å². The van der Waals surface area contributed by atoms with E-state index in [-0.39, 0.29) is 5.91 Å². The van der Waals surface area contributed by atoms with Crippen molar-refractivity contribution in [2.75, 3.05) is 6.54 Å². The first kappa shape index (κ1) is 12.3. The summed E-state index contributed by atoms with van der Waals surface area (Å²) in [5.41, 5.74) is 2.30. The smallest absolute Gasteiger partial charge is 0.255 e. The lowest BCUT2D eigenvalue weighted by Gasteiger charge is -2.04. The second-order valence-electron chi connectivity index (χ2n) is 4.21. The normalized spacial score (nSPS) is 10.6. The van der Waals surface area contributed by atoms with Gasteiger partial charge in [0.15, 0.2) is 0 Å². The van der Waals surface area contributed by atoms with Gasteiger partial charge in [-0.1, -0.05) is 0 Å². The Morgan fingerprint density at radius 2 is 2.28 bits per heavy atom. The number of nitrogens with one attached hydrogen (secondary N) is 2. The first-order valence-electron chi connectivity index (χ1n) is 5.86. The molecule has 0 aliphatic heterocycles. The Bertz CT molecular complexity index is 541. The van der Waals surface area contributed by atoms with Crippen LogP contribution in [0, 0.1) is 13.8 Å². The fourth-order valence-electron chi connectivity index (χ4n) is 1.92. The zero-order valence-electron chi connectivity index (χ0n) is 10.8. The highest BCUT2D eigenvalue weighted by Gasteiger charge is 2.16. The molecule has 2 N–H and O–H groups in total. The number of rotatable bonds is 4. The average molecular weight is 247 g/mol. The molecule has 0 saturated heterocycles. The lowest BCUT2D eigenvalue weighted by Crippen LogP contribution is -2.27. The number of nitrogens with zero attached hydrogens (tertiary/aromatic N) is 3. The molecule has 18 heavy (non-hydrogen) atoms. The van der Waals surface area contributed by atoms with E-state index < -0.39 is 0 Å². The maximum absolute atomic E-state index is 12.0. The van der Waals surface area contributed by atoms with Gasteiger partial charge in [-0.25, -0.2) is 4.98 Å². The first-order chi connectivity index (χ1) is 8.59. The van der Waals surface area contributed by atoms with Gasteiger partial charge in [-0.05, 0) is 13.8 Å². The van der Waals surface area contributed by atoms with Gasteiger partial charge in [0.05, 0.1) is 11.3 Å². The molecule has 6 nitrogen and oxygen atoms in total. The Labute approximate surface area is 105 Å². The van der Waals surface area contributed by atoms with Crippen LogP contribution in [0.3, 0.4) is 0 Å². The number of aromatic nitrogens is 4. The van der Waals surface area contributed by atoms with Crippen LogP contribution in [0.25, 0.3) is 0 Å². The Kier molecular flexibility index (Phi) is 3.45. The molecular formula is C12H17N5O. The topological polar surface area (TPSA) is 75.6 Å². The van der Waals surface area contributed by atoms with Gasteiger partial charge in [-0.3, -0.25) is 9.48 Å². The maximum Gasteiger partial charge on any atom is 0.255 e. The Balaban J connectivity index is 1.95. The van der Waals surface area contributed by atoms with Crippen LogP contribution in [0.5, 0.6) is 0 Å². The van der Waals surface area contributed by atoms with Crippen LogP contribution in [-0.2, 0) is 13.5 Å². The number of imidazole rings is 1. The Hall–Kier alpha value is -2.11. The van der Waals surface area contributed by atoms with Crippen molar-refractivity contribution in [2.24, 2.45) is 7.05 Å². The standard InChI is InChI=1S/C12H17N5O/c1-8-11(9(2)17(3)16-8)12(18)15-5-4-10-13-6-7-14-10/h6-7H,4-5H2,1-3H3,(H,13,14)(H,15,18). The van der Waals surface area contributed by atoms with Crippen molar-refractivity contribution in [3.8, 4) is 0 Å². The molecule has 96 valence electrons. The molecule has 0 fully saturated rings. The molecule has 2 aromatic heterocycles. The molecule has 0 unspecified atom stereocenters. The van der Waals surface area contributed by atoms with Crippen LogP contribution in [0.2, 0.25) is 0 Å². The lowest BCUT2D eigenvalue weighted by atomic mass is 10.2. The van der Waals surface area contributed by atoms with E-state index in [2.05, 4.69) is 20.4 Å². The Morgan fingerprint density at radius 3 is 2.83 bits per heavy atom. The zero-order chi connectivity index (χ0) is 13.1. The minimum absolute atomic E-state index is 0.0790. The number of hydrogen-bond acceptors (Lipinski definition) is 3. The highest BCUT2D eigenvalue weighted by atomic mass is 16.1. The summed E-state index contributed by atoms with van der Waals surface area (Å²) >= 11 is 0. The first-order valence-corrected chi connectivity index (χ1v) is 5.86. The van der Waals surface area contributed by atoms with Crippen molar-refractivity contribution in [2.45, 2.75) is 20.3 Å². The van der Waals surface area contributed by atoms with Crippen molar-refractivity contribution < 1.29 is 4.79 Å². The quantitative estimate of drug-likeness (QED) is 0.836. The van der Waals surface area contributed by atoms with E-state index in [1.807, 2.05) is 20.9 Å². The minimum atomic E-state index is -0.0790. The van der Waals surface area contributed by atoms with Crippen LogP contribution < -0.4 is 5.32 Å². The number of hydrogen-bond donors (Lipinski definition) is 2. The summed E-state index contributed by atoms with van der Waals surface area (Å²) in [7, 11) is 1.84. The molecule has 0 saturated carbocycles. The molecule has 0 aromatic carbocycles. The highest BCUT2D eigenvalue weighted by Crippen LogP contribution is 2.11. The number of H-pyrrole nitrogens is 1. The highest BCUT2D eigenvalue weighted by molar-refractivity contribution is 5.96. The molecule has 6 heteroatoms. The number of aryl methyl sites for hydroxylation is 2. The second kappa shape index (κ2) is 5.03. The number of carbonyl (C=O) groups is 1. The fraction of sp³-hybridized carbons (Fsp3) is 0.417. The van der Waals surface area contributed by atoms with E-state index in [4.69, 9.17) is 0 Å². The van der Waals surface area contributed by atoms with Gasteiger partial charge in [-0.2, -0.15) is 5.10 Å². The minimum Gasteiger partial charge on any atom is -0.351 e. The molecular weight excluding hydrogens is 230 g/mol. The molecule has 0 radical (unpaired) electrons. The maximum atomic E-state index is 12.0. The van der Waals surface area contributed by atoms with Gasteiger partial charge >= 0.3 is 0 Å². The van der Waals surface area contributed by atoms with Gasteiger partial charge in [-0.15, -0.1) is 0 Å². The van der Waals surface area contributed by atoms with Crippen LogP contribution in [0.15, 0.2) is 12.4 Å². The predicted molar refractivity (Wildman–Crippen MR) is 67.3 cm³/mol. The van der Waals surface area contributed by atoms with E-state index in [0.717, 1.165) is 17.2 Å². The molecule has 2 heterocycles. The number of aromatic amines is 1. The molecule has 2 rings (SSSR count). The third kappa shape index (κ3) is 2.42. The lowest BCUT2D eigenvalue weighted by molar-refractivity contribution is 0.0952. The summed E-state index contributed by atoms with van der Waals surface area (Å²) in [4.78, 5) is 19.1. The molecule has 0 aliphatic carbocycles. The van der Waals surface area contributed by atoms with Crippen molar-refractivity contribution in [1.82, 2.24) is 25.1 Å². The third-order valence-electron chi connectivity index (χ3n) is 2.94. The van der Waals surface area contributed by atoms with Crippen molar-refractivity contribution in [3.05, 3.63) is 35.2 Å². The summed E-state index contributed by atoms with van der Waals surface area (Å²) in [6, 6.07) is 0. The molecule has 0 atom stereocenters. The van der Waals surface area contributed by atoms with Crippen LogP contribution >= 0.6 is 0 Å². The van der Waals surface area contributed by atoms with Gasteiger partial charge in [0, 0.05) is 38.1 Å². The van der Waals surface area contributed by atoms with Gasteiger partial charge in [0.2, 0.25) is 0 Å². The SMILES string of the molecule is Cc1nn(C)c(C)c1C(=O)NCCc1ncc[nH]1. The van der Waals surface area contributed by atoms with Crippen molar-refractivity contribution in [3.63, 3.8) is 0 Å². The second-order valence-corrected chi connectivity index (χ2v) is 4.21. The monoisotopic (exact) mass is 247 g/mol. The molecule has 0 aliphatic rings. The van der Waals surface area contributed by atoms with Crippen LogP contribution in [0.4, 0.5) is 0 Å².